The number of carbonyl (C=O) groups is 6. The zero-order valence-electron chi connectivity index (χ0n) is 36.2. The lowest BCUT2D eigenvalue weighted by Crippen LogP contribution is -2.59. The molecule has 5 N–H and O–H groups in total. The van der Waals surface area contributed by atoms with E-state index in [1.165, 1.54) is 109 Å². The largest absolute Gasteiger partial charge is 0.368 e. The highest BCUT2D eigenvalue weighted by molar-refractivity contribution is 6.35. The summed E-state index contributed by atoms with van der Waals surface area (Å²) in [5.74, 6) is -1.68. The van der Waals surface area contributed by atoms with Gasteiger partial charge < -0.3 is 26.6 Å². The molecule has 0 bridgehead atoms. The van der Waals surface area contributed by atoms with Crippen molar-refractivity contribution in [1.82, 2.24) is 30.8 Å². The third-order valence-electron chi connectivity index (χ3n) is 11.4. The van der Waals surface area contributed by atoms with Crippen molar-refractivity contribution in [2.24, 2.45) is 28.9 Å². The van der Waals surface area contributed by atoms with Crippen molar-refractivity contribution in [2.75, 3.05) is 13.1 Å². The van der Waals surface area contributed by atoms with Crippen LogP contribution in [0, 0.1) is 23.2 Å². The van der Waals surface area contributed by atoms with Crippen LogP contribution in [0.25, 0.3) is 0 Å². The Kier molecular flexibility index (Phi) is 22.6. The maximum Gasteiger partial charge on any atom is 0.287 e. The molecular weight excluding hydrogens is 723 g/mol. The molecule has 4 aliphatic rings. The standard InChI is InChI=1S/C24H36N6O4.C11H19NO2.C6H12.C3H8/c1-24(2,3)20(29-18(31)14-28-22(33)17-13-26-10-11-27-17)23(34)30-12-9-16(19(30)21(25)32)15-7-5-4-6-8-15;1-8(12-11(14)9(2)13)10-6-4-3-5-7-10;1-2-4-6-5-3-1;1-3-2/h10-11,13,15-16,19-20H,4-9,12,14H2,1-3H3,(H2,25,32)(H,28,33)(H,29,31);8,10H,3-7H2,1-2H3,(H,12,14);1-6H2;3H2,1-2H3/t16-,19?,20?;8-;;/m10../s1. The normalized spacial score (nSPS) is 21.0. The molecule has 1 aliphatic heterocycles. The number of nitrogens with zero attached hydrogens (tertiary/aromatic N) is 3. The fourth-order valence-corrected chi connectivity index (χ4v) is 8.30. The van der Waals surface area contributed by atoms with Crippen LogP contribution in [-0.2, 0) is 24.0 Å². The number of nitrogens with two attached hydrogens (primary N) is 1. The maximum atomic E-state index is 13.6. The zero-order valence-corrected chi connectivity index (χ0v) is 36.2. The number of carbonyl (C=O) groups excluding carboxylic acids is 6. The van der Waals surface area contributed by atoms with Crippen molar-refractivity contribution in [3.8, 4) is 0 Å². The molecule has 13 nitrogen and oxygen atoms in total. The molecule has 0 spiro atoms. The van der Waals surface area contributed by atoms with Gasteiger partial charge in [0.15, 0.2) is 0 Å². The molecule has 1 aromatic rings. The van der Waals surface area contributed by atoms with E-state index in [1.807, 2.05) is 27.7 Å². The fourth-order valence-electron chi connectivity index (χ4n) is 8.30. The van der Waals surface area contributed by atoms with Gasteiger partial charge in [0.1, 0.15) is 17.8 Å². The second kappa shape index (κ2) is 26.2. The molecule has 1 saturated heterocycles. The molecule has 3 saturated carbocycles. The molecule has 4 fully saturated rings. The number of aromatic nitrogens is 2. The molecular formula is C44H75N7O6. The van der Waals surface area contributed by atoms with Gasteiger partial charge in [-0.25, -0.2) is 4.98 Å². The van der Waals surface area contributed by atoms with Crippen molar-refractivity contribution >= 4 is 35.3 Å². The van der Waals surface area contributed by atoms with Crippen molar-refractivity contribution in [3.05, 3.63) is 24.3 Å². The molecule has 0 aromatic carbocycles. The van der Waals surface area contributed by atoms with Gasteiger partial charge >= 0.3 is 0 Å². The smallest absolute Gasteiger partial charge is 0.287 e. The number of ketones is 1. The number of likely N-dealkylation sites (tertiary alicyclic amines) is 1. The third kappa shape index (κ3) is 17.6. The Bertz CT molecular complexity index is 1370. The van der Waals surface area contributed by atoms with Crippen molar-refractivity contribution in [1.29, 1.82) is 0 Å². The van der Waals surface area contributed by atoms with Gasteiger partial charge in [0.05, 0.1) is 12.7 Å². The predicted molar refractivity (Wildman–Crippen MR) is 224 cm³/mol. The first-order valence-corrected chi connectivity index (χ1v) is 21.9. The SMILES string of the molecule is C1CCCCC1.CC(=O)C(=O)N[C@@H](C)C1CCCCC1.CC(C)(C)C(NC(=O)CNC(=O)c1cnccn1)C(=O)N1CC[C@H](C2CCCCC2)C1C(N)=O.CCC. The van der Waals surface area contributed by atoms with E-state index in [0.29, 0.717) is 18.4 Å². The van der Waals surface area contributed by atoms with Crippen molar-refractivity contribution in [3.63, 3.8) is 0 Å². The van der Waals surface area contributed by atoms with Crippen LogP contribution < -0.4 is 21.7 Å². The van der Waals surface area contributed by atoms with Crippen LogP contribution in [-0.4, -0.2) is 81.4 Å². The highest BCUT2D eigenvalue weighted by Crippen LogP contribution is 2.39. The first kappa shape index (κ1) is 49.2. The molecule has 1 aromatic heterocycles. The summed E-state index contributed by atoms with van der Waals surface area (Å²) in [5, 5.41) is 8.01. The van der Waals surface area contributed by atoms with Crippen LogP contribution in [0.3, 0.4) is 0 Å². The predicted octanol–water partition coefficient (Wildman–Crippen LogP) is 6.44. The summed E-state index contributed by atoms with van der Waals surface area (Å²) in [6.45, 7) is 13.2. The van der Waals surface area contributed by atoms with E-state index in [9.17, 15) is 28.8 Å². The monoisotopic (exact) mass is 798 g/mol. The van der Waals surface area contributed by atoms with Gasteiger partial charge in [-0.2, -0.15) is 0 Å². The van der Waals surface area contributed by atoms with Gasteiger partial charge in [-0.3, -0.25) is 33.8 Å². The lowest BCUT2D eigenvalue weighted by Gasteiger charge is -2.37. The summed E-state index contributed by atoms with van der Waals surface area (Å²) in [6.07, 6.45) is 26.9. The maximum absolute atomic E-state index is 13.6. The van der Waals surface area contributed by atoms with Gasteiger partial charge in [0.2, 0.25) is 23.5 Å². The van der Waals surface area contributed by atoms with Crippen molar-refractivity contribution in [2.45, 2.75) is 182 Å². The van der Waals surface area contributed by atoms with E-state index >= 15 is 0 Å². The molecule has 5 amide bonds. The summed E-state index contributed by atoms with van der Waals surface area (Å²) in [4.78, 5) is 82.1. The summed E-state index contributed by atoms with van der Waals surface area (Å²) in [6, 6.07) is -1.39. The highest BCUT2D eigenvalue weighted by atomic mass is 16.2. The van der Waals surface area contributed by atoms with Gasteiger partial charge in [-0.1, -0.05) is 131 Å². The first-order chi connectivity index (χ1) is 27.1. The molecule has 13 heteroatoms. The summed E-state index contributed by atoms with van der Waals surface area (Å²) < 4.78 is 0. The number of primary amides is 1. The van der Waals surface area contributed by atoms with Gasteiger partial charge in [-0.05, 0) is 49.4 Å². The van der Waals surface area contributed by atoms with Crippen LogP contribution in [0.1, 0.15) is 175 Å². The molecule has 57 heavy (non-hydrogen) atoms. The Morgan fingerprint density at radius 2 is 1.33 bits per heavy atom. The van der Waals surface area contributed by atoms with Gasteiger partial charge in [-0.15, -0.1) is 0 Å². The van der Waals surface area contributed by atoms with Crippen LogP contribution in [0.15, 0.2) is 18.6 Å². The lowest BCUT2D eigenvalue weighted by molar-refractivity contribution is -0.144. The molecule has 2 heterocycles. The van der Waals surface area contributed by atoms with Gasteiger partial charge in [0.25, 0.3) is 11.8 Å². The number of Topliss-reactive ketones (excluding diaryl/α,β-unsaturated/α-hetero) is 1. The minimum absolute atomic E-state index is 0.0596. The van der Waals surface area contributed by atoms with E-state index in [4.69, 9.17) is 5.73 Å². The number of nitrogens with one attached hydrogen (secondary N) is 3. The minimum atomic E-state index is -0.875. The summed E-state index contributed by atoms with van der Waals surface area (Å²) in [5.41, 5.74) is 5.26. The summed E-state index contributed by atoms with van der Waals surface area (Å²) >= 11 is 0. The van der Waals surface area contributed by atoms with E-state index in [0.717, 1.165) is 32.1 Å². The van der Waals surface area contributed by atoms with Crippen molar-refractivity contribution < 1.29 is 28.8 Å². The Labute approximate surface area is 342 Å². The average Bonchev–Trinajstić information content (AvgIpc) is 3.67. The molecule has 4 atom stereocenters. The average molecular weight is 798 g/mol. The van der Waals surface area contributed by atoms with Crippen LogP contribution in [0.5, 0.6) is 0 Å². The second-order valence-corrected chi connectivity index (χ2v) is 17.4. The van der Waals surface area contributed by atoms with E-state index in [-0.39, 0.29) is 30.1 Å². The van der Waals surface area contributed by atoms with E-state index < -0.39 is 46.9 Å². The molecule has 5 rings (SSSR count). The molecule has 0 radical (unpaired) electrons. The second-order valence-electron chi connectivity index (χ2n) is 17.4. The Morgan fingerprint density at radius 3 is 1.81 bits per heavy atom. The quantitative estimate of drug-likeness (QED) is 0.194. The number of amides is 5. The molecule has 3 aliphatic carbocycles. The van der Waals surface area contributed by atoms with Crippen LogP contribution >= 0.6 is 0 Å². The summed E-state index contributed by atoms with van der Waals surface area (Å²) in [7, 11) is 0. The van der Waals surface area contributed by atoms with Gasteiger partial charge in [0, 0.05) is 31.9 Å². The zero-order chi connectivity index (χ0) is 42.4. The fraction of sp³-hybridized carbons (Fsp3) is 0.773. The van der Waals surface area contributed by atoms with E-state index in [1.54, 1.807) is 4.90 Å². The highest BCUT2D eigenvalue weighted by Gasteiger charge is 2.47. The third-order valence-corrected chi connectivity index (χ3v) is 11.4. The minimum Gasteiger partial charge on any atom is -0.368 e. The Balaban J connectivity index is 0.000000395. The number of rotatable bonds is 10. The number of hydrogen-bond donors (Lipinski definition) is 4. The topological polar surface area (TPSA) is 194 Å². The van der Waals surface area contributed by atoms with E-state index in [2.05, 4.69) is 39.8 Å². The Morgan fingerprint density at radius 1 is 0.807 bits per heavy atom. The first-order valence-electron chi connectivity index (χ1n) is 21.9. The van der Waals surface area contributed by atoms with Crippen LogP contribution in [0.4, 0.5) is 0 Å². The molecule has 2 unspecified atom stereocenters. The Hall–Kier alpha value is -3.90. The number of hydrogen-bond acceptors (Lipinski definition) is 8. The van der Waals surface area contributed by atoms with Crippen LogP contribution in [0.2, 0.25) is 0 Å². The lowest BCUT2D eigenvalue weighted by atomic mass is 9.76. The molecule has 322 valence electrons.